The first-order chi connectivity index (χ1) is 14.6. The maximum Gasteiger partial charge on any atom is 0.410 e. The number of halogens is 1. The van der Waals surface area contributed by atoms with Gasteiger partial charge >= 0.3 is 6.09 Å². The standard InChI is InChI=1S/C21H25FN6O3/c1-21(2,3)31-20(30)27-9-8-13(10-23)17(12-27)28-11-16(18(24)29)19(26-28)25-15-6-4-14(22)5-7-15/h4-7,11,13,17H,8-9,12H2,1-3H3,(H2,24,29)(H,25,26)/t13-,17?/m1/s1. The fourth-order valence-electron chi connectivity index (χ4n) is 3.35. The molecular weight excluding hydrogens is 403 g/mol. The van der Waals surface area contributed by atoms with Crippen molar-refractivity contribution in [3.8, 4) is 6.07 Å². The number of carbonyl (C=O) groups excluding carboxylic acids is 2. The van der Waals surface area contributed by atoms with E-state index >= 15 is 0 Å². The number of nitrogens with one attached hydrogen (secondary N) is 1. The molecule has 0 saturated carbocycles. The minimum absolute atomic E-state index is 0.121. The van der Waals surface area contributed by atoms with Gasteiger partial charge in [-0.05, 0) is 51.5 Å². The molecule has 2 atom stereocenters. The number of nitrogens with zero attached hydrogens (tertiary/aromatic N) is 4. The Bertz CT molecular complexity index is 1010. The van der Waals surface area contributed by atoms with Gasteiger partial charge in [0.1, 0.15) is 17.0 Å². The summed E-state index contributed by atoms with van der Waals surface area (Å²) in [5, 5.41) is 17.0. The molecule has 2 heterocycles. The van der Waals surface area contributed by atoms with Crippen molar-refractivity contribution >= 4 is 23.5 Å². The highest BCUT2D eigenvalue weighted by Gasteiger charge is 2.36. The summed E-state index contributed by atoms with van der Waals surface area (Å²) in [4.78, 5) is 26.0. The average Bonchev–Trinajstić information content (AvgIpc) is 3.12. The fraction of sp³-hybridized carbons (Fsp3) is 0.429. The zero-order valence-electron chi connectivity index (χ0n) is 17.6. The van der Waals surface area contributed by atoms with Gasteiger partial charge in [-0.25, -0.2) is 9.18 Å². The lowest BCUT2D eigenvalue weighted by Gasteiger charge is -2.36. The minimum atomic E-state index is -0.704. The third-order valence-electron chi connectivity index (χ3n) is 4.84. The van der Waals surface area contributed by atoms with Gasteiger partial charge in [0.15, 0.2) is 5.82 Å². The third kappa shape index (κ3) is 5.31. The molecular formula is C21H25FN6O3. The zero-order valence-corrected chi connectivity index (χ0v) is 17.6. The second kappa shape index (κ2) is 8.63. The number of hydrogen-bond donors (Lipinski definition) is 2. The summed E-state index contributed by atoms with van der Waals surface area (Å²) in [5.74, 6) is -1.33. The van der Waals surface area contributed by atoms with Gasteiger partial charge in [-0.3, -0.25) is 9.48 Å². The van der Waals surface area contributed by atoms with Crippen molar-refractivity contribution in [3.05, 3.63) is 41.8 Å². The van der Waals surface area contributed by atoms with Gasteiger partial charge in [-0.15, -0.1) is 0 Å². The molecule has 31 heavy (non-hydrogen) atoms. The molecule has 0 spiro atoms. The summed E-state index contributed by atoms with van der Waals surface area (Å²) in [5.41, 5.74) is 5.50. The van der Waals surface area contributed by atoms with Crippen molar-refractivity contribution < 1.29 is 18.7 Å². The number of piperidine rings is 1. The van der Waals surface area contributed by atoms with Crippen LogP contribution in [0.3, 0.4) is 0 Å². The van der Waals surface area contributed by atoms with E-state index in [0.717, 1.165) is 0 Å². The first-order valence-corrected chi connectivity index (χ1v) is 9.86. The lowest BCUT2D eigenvalue weighted by molar-refractivity contribution is 0.0135. The van der Waals surface area contributed by atoms with Crippen LogP contribution in [0.25, 0.3) is 0 Å². The van der Waals surface area contributed by atoms with Crippen LogP contribution in [0.1, 0.15) is 43.6 Å². The van der Waals surface area contributed by atoms with Gasteiger partial charge < -0.3 is 20.7 Å². The molecule has 9 nitrogen and oxygen atoms in total. The van der Waals surface area contributed by atoms with E-state index in [1.54, 1.807) is 20.8 Å². The molecule has 1 fully saturated rings. The molecule has 3 rings (SSSR count). The number of likely N-dealkylation sites (tertiary alicyclic amines) is 1. The molecule has 164 valence electrons. The van der Waals surface area contributed by atoms with Crippen molar-refractivity contribution in [2.45, 2.75) is 38.8 Å². The van der Waals surface area contributed by atoms with E-state index in [4.69, 9.17) is 10.5 Å². The van der Waals surface area contributed by atoms with Crippen molar-refractivity contribution in [2.24, 2.45) is 11.7 Å². The maximum absolute atomic E-state index is 13.2. The Balaban J connectivity index is 1.88. The lowest BCUT2D eigenvalue weighted by atomic mass is 9.93. The summed E-state index contributed by atoms with van der Waals surface area (Å²) in [7, 11) is 0. The van der Waals surface area contributed by atoms with E-state index in [9.17, 15) is 19.2 Å². The van der Waals surface area contributed by atoms with Crippen LogP contribution in [0, 0.1) is 23.1 Å². The van der Waals surface area contributed by atoms with Gasteiger partial charge in [0, 0.05) is 25.0 Å². The SMILES string of the molecule is CC(C)(C)OC(=O)N1CC[C@H](C#N)C(n2cc(C(N)=O)c(Nc3ccc(F)cc3)n2)C1. The van der Waals surface area contributed by atoms with Crippen molar-refractivity contribution in [2.75, 3.05) is 18.4 Å². The first kappa shape index (κ1) is 22.1. The van der Waals surface area contributed by atoms with Crippen molar-refractivity contribution in [1.82, 2.24) is 14.7 Å². The molecule has 0 radical (unpaired) electrons. The van der Waals surface area contributed by atoms with E-state index in [1.807, 2.05) is 0 Å². The van der Waals surface area contributed by atoms with E-state index in [0.29, 0.717) is 18.7 Å². The highest BCUT2D eigenvalue weighted by molar-refractivity contribution is 5.98. The lowest BCUT2D eigenvalue weighted by Crippen LogP contribution is -2.46. The van der Waals surface area contributed by atoms with Crippen LogP contribution in [0.5, 0.6) is 0 Å². The molecule has 1 saturated heterocycles. The van der Waals surface area contributed by atoms with Crippen LogP contribution in [-0.4, -0.2) is 45.4 Å². The summed E-state index contributed by atoms with van der Waals surface area (Å²) < 4.78 is 20.1. The van der Waals surface area contributed by atoms with Gasteiger partial charge in [0.25, 0.3) is 5.91 Å². The summed E-state index contributed by atoms with van der Waals surface area (Å²) >= 11 is 0. The number of hydrogen-bond acceptors (Lipinski definition) is 6. The second-order valence-corrected chi connectivity index (χ2v) is 8.39. The number of nitrogens with two attached hydrogens (primary N) is 1. The largest absolute Gasteiger partial charge is 0.444 e. The summed E-state index contributed by atoms with van der Waals surface area (Å²) in [6, 6.07) is 7.31. The van der Waals surface area contributed by atoms with Crippen LogP contribution in [-0.2, 0) is 4.74 Å². The Kier molecular flexibility index (Phi) is 6.15. The molecule has 2 aromatic rings. The van der Waals surface area contributed by atoms with E-state index < -0.39 is 35.4 Å². The number of carbonyl (C=O) groups is 2. The van der Waals surface area contributed by atoms with Crippen LogP contribution in [0.2, 0.25) is 0 Å². The van der Waals surface area contributed by atoms with Gasteiger partial charge in [-0.2, -0.15) is 10.4 Å². The number of primary amides is 1. The van der Waals surface area contributed by atoms with E-state index in [2.05, 4.69) is 16.5 Å². The van der Waals surface area contributed by atoms with Crippen LogP contribution in [0.4, 0.5) is 20.7 Å². The Morgan fingerprint density at radius 2 is 2.00 bits per heavy atom. The fourth-order valence-corrected chi connectivity index (χ4v) is 3.35. The number of benzene rings is 1. The average molecular weight is 428 g/mol. The number of aromatic nitrogens is 2. The molecule has 0 bridgehead atoms. The number of nitriles is 1. The Morgan fingerprint density at radius 1 is 1.32 bits per heavy atom. The number of rotatable bonds is 4. The van der Waals surface area contributed by atoms with Crippen LogP contribution in [0.15, 0.2) is 30.5 Å². The van der Waals surface area contributed by atoms with E-state index in [-0.39, 0.29) is 17.9 Å². The van der Waals surface area contributed by atoms with Gasteiger partial charge in [0.2, 0.25) is 0 Å². The van der Waals surface area contributed by atoms with Crippen LogP contribution < -0.4 is 11.1 Å². The predicted molar refractivity (Wildman–Crippen MR) is 111 cm³/mol. The highest BCUT2D eigenvalue weighted by atomic mass is 19.1. The molecule has 1 aromatic heterocycles. The zero-order chi connectivity index (χ0) is 22.8. The quantitative estimate of drug-likeness (QED) is 0.770. The summed E-state index contributed by atoms with van der Waals surface area (Å²) in [6.07, 6.45) is 1.43. The minimum Gasteiger partial charge on any atom is -0.444 e. The number of amides is 2. The Morgan fingerprint density at radius 3 is 2.58 bits per heavy atom. The molecule has 1 aromatic carbocycles. The number of ether oxygens (including phenoxy) is 1. The normalized spacial score (nSPS) is 18.9. The maximum atomic E-state index is 13.2. The molecule has 10 heteroatoms. The molecule has 2 amide bonds. The monoisotopic (exact) mass is 428 g/mol. The Labute approximate surface area is 179 Å². The topological polar surface area (TPSA) is 126 Å². The van der Waals surface area contributed by atoms with E-state index in [1.165, 1.54) is 40.0 Å². The van der Waals surface area contributed by atoms with Crippen molar-refractivity contribution in [3.63, 3.8) is 0 Å². The highest BCUT2D eigenvalue weighted by Crippen LogP contribution is 2.30. The number of anilines is 2. The second-order valence-electron chi connectivity index (χ2n) is 8.39. The van der Waals surface area contributed by atoms with Gasteiger partial charge in [-0.1, -0.05) is 0 Å². The first-order valence-electron chi connectivity index (χ1n) is 9.86. The molecule has 1 aliphatic heterocycles. The smallest absolute Gasteiger partial charge is 0.410 e. The van der Waals surface area contributed by atoms with Crippen molar-refractivity contribution in [1.29, 1.82) is 5.26 Å². The molecule has 3 N–H and O–H groups in total. The third-order valence-corrected chi connectivity index (χ3v) is 4.84. The van der Waals surface area contributed by atoms with Gasteiger partial charge in [0.05, 0.1) is 18.0 Å². The van der Waals surface area contributed by atoms with Crippen LogP contribution >= 0.6 is 0 Å². The Hall–Kier alpha value is -3.61. The summed E-state index contributed by atoms with van der Waals surface area (Å²) in [6.45, 7) is 5.93. The molecule has 1 unspecified atom stereocenters. The molecule has 0 aliphatic carbocycles. The predicted octanol–water partition coefficient (Wildman–Crippen LogP) is 3.19. The molecule has 1 aliphatic rings.